The number of thioether (sulfide) groups is 1. The van der Waals surface area contributed by atoms with E-state index in [1.54, 1.807) is 18.0 Å². The summed E-state index contributed by atoms with van der Waals surface area (Å²) in [5, 5.41) is 11.8. The summed E-state index contributed by atoms with van der Waals surface area (Å²) in [5.74, 6) is 3.07. The fraction of sp³-hybridized carbons (Fsp3) is 0.167. The van der Waals surface area contributed by atoms with Gasteiger partial charge in [-0.1, -0.05) is 49.0 Å². The summed E-state index contributed by atoms with van der Waals surface area (Å²) in [4.78, 5) is 4.30. The number of aromatic amines is 1. The van der Waals surface area contributed by atoms with E-state index in [1.807, 2.05) is 54.6 Å². The maximum absolute atomic E-state index is 5.81. The first-order chi connectivity index (χ1) is 12.3. The van der Waals surface area contributed by atoms with E-state index in [0.29, 0.717) is 5.95 Å². The van der Waals surface area contributed by atoms with Crippen LogP contribution in [0.15, 0.2) is 64.9 Å². The van der Waals surface area contributed by atoms with Crippen LogP contribution in [0.25, 0.3) is 0 Å². The maximum Gasteiger partial charge on any atom is 0.240 e. The van der Waals surface area contributed by atoms with Crippen LogP contribution in [-0.2, 0) is 0 Å². The molecule has 0 amide bonds. The van der Waals surface area contributed by atoms with E-state index in [0.717, 1.165) is 34.4 Å². The highest BCUT2D eigenvalue weighted by Gasteiger charge is 2.02. The van der Waals surface area contributed by atoms with E-state index >= 15 is 0 Å². The van der Waals surface area contributed by atoms with E-state index in [1.165, 1.54) is 0 Å². The zero-order valence-electron chi connectivity index (χ0n) is 13.8. The number of anilines is 1. The number of nitrogens with zero attached hydrogens (tertiary/aromatic N) is 3. The fourth-order valence-corrected chi connectivity index (χ4v) is 2.66. The number of hydrogen-bond acceptors (Lipinski definition) is 6. The summed E-state index contributed by atoms with van der Waals surface area (Å²) in [6.45, 7) is 2.12. The van der Waals surface area contributed by atoms with Gasteiger partial charge in [0.1, 0.15) is 11.5 Å². The zero-order chi connectivity index (χ0) is 17.3. The van der Waals surface area contributed by atoms with Crippen molar-refractivity contribution in [1.29, 1.82) is 0 Å². The van der Waals surface area contributed by atoms with Crippen LogP contribution >= 0.6 is 11.8 Å². The number of aromatic nitrogens is 3. The van der Waals surface area contributed by atoms with Crippen LogP contribution in [0.5, 0.6) is 11.5 Å². The molecule has 0 aliphatic carbocycles. The lowest BCUT2D eigenvalue weighted by Gasteiger charge is -2.05. The lowest BCUT2D eigenvalue weighted by atomic mass is 10.2. The third-order valence-corrected chi connectivity index (χ3v) is 4.17. The standard InChI is InChI=1S/C18H19N5OS/c1-2-11-25-18-20-17(22-23-18)21-19-13-14-7-6-10-16(12-14)24-15-8-4-3-5-9-15/h3-10,12-13H,2,11H2,1H3,(H2,20,21,22,23)/b19-13-. The highest BCUT2D eigenvalue weighted by atomic mass is 32.2. The van der Waals surface area contributed by atoms with Gasteiger partial charge in [0.2, 0.25) is 11.1 Å². The molecule has 1 aromatic heterocycles. The van der Waals surface area contributed by atoms with Crippen LogP contribution in [0.4, 0.5) is 5.95 Å². The van der Waals surface area contributed by atoms with Gasteiger partial charge in [0.25, 0.3) is 0 Å². The van der Waals surface area contributed by atoms with Crippen molar-refractivity contribution in [1.82, 2.24) is 15.2 Å². The zero-order valence-corrected chi connectivity index (χ0v) is 14.7. The van der Waals surface area contributed by atoms with E-state index in [9.17, 15) is 0 Å². The molecule has 0 saturated carbocycles. The summed E-state index contributed by atoms with van der Waals surface area (Å²) in [5.41, 5.74) is 3.76. The second-order valence-corrected chi connectivity index (χ2v) is 6.23. The molecule has 0 radical (unpaired) electrons. The van der Waals surface area contributed by atoms with Crippen LogP contribution in [-0.4, -0.2) is 27.1 Å². The van der Waals surface area contributed by atoms with Gasteiger partial charge in [-0.3, -0.25) is 0 Å². The molecule has 3 rings (SSSR count). The Morgan fingerprint density at radius 2 is 2.00 bits per heavy atom. The van der Waals surface area contributed by atoms with Gasteiger partial charge in [0, 0.05) is 5.75 Å². The minimum absolute atomic E-state index is 0.520. The molecule has 0 fully saturated rings. The molecule has 0 atom stereocenters. The van der Waals surface area contributed by atoms with Gasteiger partial charge in [-0.05, 0) is 36.2 Å². The van der Waals surface area contributed by atoms with Gasteiger partial charge in [0.05, 0.1) is 6.21 Å². The first-order valence-corrected chi connectivity index (χ1v) is 8.99. The van der Waals surface area contributed by atoms with Crippen LogP contribution in [0, 0.1) is 0 Å². The fourth-order valence-electron chi connectivity index (χ4n) is 2.01. The second-order valence-electron chi connectivity index (χ2n) is 5.17. The minimum Gasteiger partial charge on any atom is -0.457 e. The van der Waals surface area contributed by atoms with Crippen molar-refractivity contribution in [3.8, 4) is 11.5 Å². The number of para-hydroxylation sites is 1. The number of H-pyrrole nitrogens is 1. The van der Waals surface area contributed by atoms with Crippen molar-refractivity contribution in [2.45, 2.75) is 18.5 Å². The van der Waals surface area contributed by atoms with Gasteiger partial charge in [0.15, 0.2) is 0 Å². The van der Waals surface area contributed by atoms with Gasteiger partial charge in [-0.2, -0.15) is 10.1 Å². The Hall–Kier alpha value is -2.80. The molecule has 6 nitrogen and oxygen atoms in total. The van der Waals surface area contributed by atoms with Gasteiger partial charge in [-0.15, -0.1) is 5.10 Å². The molecule has 0 spiro atoms. The molecule has 25 heavy (non-hydrogen) atoms. The number of ether oxygens (including phenoxy) is 1. The molecule has 0 saturated heterocycles. The van der Waals surface area contributed by atoms with Gasteiger partial charge >= 0.3 is 0 Å². The highest BCUT2D eigenvalue weighted by molar-refractivity contribution is 7.99. The largest absolute Gasteiger partial charge is 0.457 e. The third kappa shape index (κ3) is 5.36. The summed E-state index contributed by atoms with van der Waals surface area (Å²) in [6.07, 6.45) is 2.79. The molecule has 0 aliphatic rings. The number of hydrogen-bond donors (Lipinski definition) is 2. The predicted octanol–water partition coefficient (Wildman–Crippen LogP) is 4.55. The lowest BCUT2D eigenvalue weighted by Crippen LogP contribution is -1.93. The highest BCUT2D eigenvalue weighted by Crippen LogP contribution is 2.21. The smallest absolute Gasteiger partial charge is 0.240 e. The molecular weight excluding hydrogens is 334 g/mol. The van der Waals surface area contributed by atoms with Crippen molar-refractivity contribution >= 4 is 23.9 Å². The Morgan fingerprint density at radius 3 is 2.84 bits per heavy atom. The Morgan fingerprint density at radius 1 is 1.16 bits per heavy atom. The average Bonchev–Trinajstić information content (AvgIpc) is 3.09. The SMILES string of the molecule is CCCSc1n[nH]c(N/N=C\c2cccc(Oc3ccccc3)c2)n1. The van der Waals surface area contributed by atoms with E-state index in [-0.39, 0.29) is 0 Å². The number of rotatable bonds is 8. The normalized spacial score (nSPS) is 10.9. The second kappa shape index (κ2) is 8.89. The minimum atomic E-state index is 0.520. The van der Waals surface area contributed by atoms with Crippen molar-refractivity contribution < 1.29 is 4.74 Å². The number of benzene rings is 2. The van der Waals surface area contributed by atoms with E-state index in [4.69, 9.17) is 4.74 Å². The molecule has 128 valence electrons. The first kappa shape index (κ1) is 17.0. The van der Waals surface area contributed by atoms with Crippen LogP contribution in [0.1, 0.15) is 18.9 Å². The molecule has 2 aromatic carbocycles. The maximum atomic E-state index is 5.81. The molecule has 0 aliphatic heterocycles. The van der Waals surface area contributed by atoms with Gasteiger partial charge in [-0.25, -0.2) is 10.5 Å². The van der Waals surface area contributed by atoms with E-state index < -0.39 is 0 Å². The molecule has 0 bridgehead atoms. The summed E-state index contributed by atoms with van der Waals surface area (Å²) in [6, 6.07) is 17.4. The predicted molar refractivity (Wildman–Crippen MR) is 102 cm³/mol. The Kier molecular flexibility index (Phi) is 6.06. The van der Waals surface area contributed by atoms with Crippen LogP contribution in [0.2, 0.25) is 0 Å². The van der Waals surface area contributed by atoms with Crippen molar-refractivity contribution in [2.75, 3.05) is 11.2 Å². The third-order valence-electron chi connectivity index (χ3n) is 3.12. The number of hydrazone groups is 1. The molecule has 7 heteroatoms. The Balaban J connectivity index is 1.58. The van der Waals surface area contributed by atoms with Crippen molar-refractivity contribution in [3.05, 3.63) is 60.2 Å². The molecule has 3 aromatic rings. The summed E-state index contributed by atoms with van der Waals surface area (Å²) >= 11 is 1.61. The molecule has 2 N–H and O–H groups in total. The Labute approximate surface area is 150 Å². The lowest BCUT2D eigenvalue weighted by molar-refractivity contribution is 0.482. The van der Waals surface area contributed by atoms with Crippen LogP contribution in [0.3, 0.4) is 0 Å². The van der Waals surface area contributed by atoms with E-state index in [2.05, 4.69) is 32.6 Å². The molecule has 0 unspecified atom stereocenters. The summed E-state index contributed by atoms with van der Waals surface area (Å²) < 4.78 is 5.81. The summed E-state index contributed by atoms with van der Waals surface area (Å²) in [7, 11) is 0. The first-order valence-electron chi connectivity index (χ1n) is 8.01. The quantitative estimate of drug-likeness (QED) is 0.353. The van der Waals surface area contributed by atoms with Crippen LogP contribution < -0.4 is 10.2 Å². The van der Waals surface area contributed by atoms with Crippen molar-refractivity contribution in [2.24, 2.45) is 5.10 Å². The van der Waals surface area contributed by atoms with Crippen molar-refractivity contribution in [3.63, 3.8) is 0 Å². The topological polar surface area (TPSA) is 75.2 Å². The monoisotopic (exact) mass is 353 g/mol. The Bertz CT molecular complexity index is 819. The number of nitrogens with one attached hydrogen (secondary N) is 2. The molecular formula is C18H19N5OS. The molecule has 1 heterocycles. The average molecular weight is 353 g/mol. The van der Waals surface area contributed by atoms with Gasteiger partial charge < -0.3 is 4.74 Å².